The minimum Gasteiger partial charge on any atom is -0.456 e. The molecule has 612 valence electrons. The molecule has 2 aromatic heterocycles. The Labute approximate surface area is 776 Å². The zero-order chi connectivity index (χ0) is 95.6. The van der Waals surface area contributed by atoms with Gasteiger partial charge >= 0.3 is 0 Å². The third kappa shape index (κ3) is 12.6. The lowest BCUT2D eigenvalue weighted by molar-refractivity contribution is 0.668. The van der Waals surface area contributed by atoms with Gasteiger partial charge in [0.25, 0.3) is 0 Å². The standard InChI is InChI=1S/C66H40O.C64H40O/c1-3-16-41(17-4-1)44-33-37-61-60(38-44)66-55(28-15-29-62(66)67-61)59-40-46-31-30-45(39-58(46)49-22-9-10-23-50(49)59)48-35-36-57(56-34-32-42-18-7-8-21-47(42)64(48)56)65-53-26-13-11-24-51(53)63(43-19-5-2-6-20-43)52-25-12-14-27-54(52)65;1-3-15-43(16-4-1)49-20-9-10-21-50(49)48-32-35-53-59-38-46(33-36-61(59)65-62(53)40-48)42-29-27-41(28-30-42)45-31-34-52-58(37-45)51-22-8-7-19-47(51)39-60(52)64-56-25-13-11-23-54(56)63(44-17-5-2-6-18-44)55-24-12-14-26-57(55)64/h1-40H;1-40H/i2D,5D,6D,19D,20D;2D,5D,6D,17D,18D. The topological polar surface area (TPSA) is 26.3 Å². The smallest absolute Gasteiger partial charge is 0.136 e. The predicted molar refractivity (Wildman–Crippen MR) is 562 cm³/mol. The highest BCUT2D eigenvalue weighted by atomic mass is 16.3. The number of rotatable bonds is 11. The van der Waals surface area contributed by atoms with E-state index in [0.29, 0.717) is 11.1 Å². The van der Waals surface area contributed by atoms with Crippen molar-refractivity contribution < 1.29 is 22.5 Å². The molecule has 132 heavy (non-hydrogen) atoms. The van der Waals surface area contributed by atoms with E-state index in [-0.39, 0.29) is 59.5 Å². The van der Waals surface area contributed by atoms with Gasteiger partial charge in [0.15, 0.2) is 0 Å². The Morgan fingerprint density at radius 1 is 0.136 bits per heavy atom. The lowest BCUT2D eigenvalue weighted by Crippen LogP contribution is -1.93. The van der Waals surface area contributed by atoms with E-state index >= 15 is 0 Å². The van der Waals surface area contributed by atoms with Crippen LogP contribution in [-0.2, 0) is 0 Å². The van der Waals surface area contributed by atoms with Crippen molar-refractivity contribution in [1.82, 2.24) is 0 Å². The maximum absolute atomic E-state index is 9.08. The van der Waals surface area contributed by atoms with Crippen molar-refractivity contribution in [2.75, 3.05) is 0 Å². The van der Waals surface area contributed by atoms with Crippen LogP contribution in [0.2, 0.25) is 0 Å². The van der Waals surface area contributed by atoms with Crippen LogP contribution < -0.4 is 0 Å². The minimum absolute atomic E-state index is 0.201. The monoisotopic (exact) mass is 1680 g/mol. The summed E-state index contributed by atoms with van der Waals surface area (Å²) in [4.78, 5) is 0. The first kappa shape index (κ1) is 66.2. The zero-order valence-electron chi connectivity index (χ0n) is 81.2. The fourth-order valence-electron chi connectivity index (χ4n) is 21.1. The maximum atomic E-state index is 9.08. The molecule has 0 radical (unpaired) electrons. The Morgan fingerprint density at radius 2 is 0.523 bits per heavy atom. The summed E-state index contributed by atoms with van der Waals surface area (Å²) in [5.41, 5.74) is 25.2. The second-order valence-electron chi connectivity index (χ2n) is 34.2. The third-order valence-corrected chi connectivity index (χ3v) is 27.1. The normalized spacial score (nSPS) is 12.8. The van der Waals surface area contributed by atoms with Gasteiger partial charge in [-0.1, -0.05) is 418 Å². The van der Waals surface area contributed by atoms with Crippen LogP contribution in [0.3, 0.4) is 0 Å². The van der Waals surface area contributed by atoms with Gasteiger partial charge in [0.05, 0.1) is 13.7 Å². The third-order valence-electron chi connectivity index (χ3n) is 27.1. The fraction of sp³-hybridized carbons (Fsp3) is 0. The fourth-order valence-corrected chi connectivity index (χ4v) is 21.1. The average Bonchev–Trinajstić information content (AvgIpc) is 0.928. The number of hydrogen-bond donors (Lipinski definition) is 0. The van der Waals surface area contributed by atoms with Crippen molar-refractivity contribution in [3.05, 3.63) is 485 Å². The summed E-state index contributed by atoms with van der Waals surface area (Å²) in [5.74, 6) is 0. The lowest BCUT2D eigenvalue weighted by Gasteiger charge is -2.20. The van der Waals surface area contributed by atoms with Crippen LogP contribution in [0.5, 0.6) is 0 Å². The molecule has 2 heterocycles. The van der Waals surface area contributed by atoms with Crippen LogP contribution in [-0.4, -0.2) is 0 Å². The molecule has 0 N–H and O–H groups in total. The predicted octanol–water partition coefficient (Wildman–Crippen LogP) is 37.0. The molecule has 0 aliphatic heterocycles. The molecule has 2 nitrogen and oxygen atoms in total. The molecule has 0 saturated carbocycles. The quantitative estimate of drug-likeness (QED) is 0.0953. The Balaban J connectivity index is 0.000000146. The van der Waals surface area contributed by atoms with Crippen molar-refractivity contribution in [3.8, 4) is 122 Å². The summed E-state index contributed by atoms with van der Waals surface area (Å²) < 4.78 is 100. The molecule has 0 aliphatic rings. The molecule has 25 aromatic carbocycles. The van der Waals surface area contributed by atoms with Gasteiger partial charge in [-0.2, -0.15) is 0 Å². The van der Waals surface area contributed by atoms with Gasteiger partial charge in [0, 0.05) is 21.5 Å². The molecule has 0 amide bonds. The second kappa shape index (κ2) is 31.3. The summed E-state index contributed by atoms with van der Waals surface area (Å²) in [6, 6.07) is 146. The van der Waals surface area contributed by atoms with E-state index in [1.54, 1.807) is 0 Å². The second-order valence-corrected chi connectivity index (χ2v) is 34.2. The Morgan fingerprint density at radius 3 is 1.14 bits per heavy atom. The van der Waals surface area contributed by atoms with Gasteiger partial charge in [-0.3, -0.25) is 0 Å². The van der Waals surface area contributed by atoms with Gasteiger partial charge in [-0.05, 0) is 297 Å². The molecule has 0 unspecified atom stereocenters. The first-order valence-electron chi connectivity index (χ1n) is 49.7. The number of fused-ring (bicyclic) bond motifs is 19. The van der Waals surface area contributed by atoms with Crippen LogP contribution >= 0.6 is 0 Å². The average molecular weight is 1680 g/mol. The number of benzene rings is 25. The summed E-state index contributed by atoms with van der Waals surface area (Å²) in [5, 5.41) is 25.0. The highest BCUT2D eigenvalue weighted by Gasteiger charge is 2.26. The molecule has 0 atom stereocenters. The Bertz CT molecular complexity index is 9890. The number of hydrogen-bond acceptors (Lipinski definition) is 2. The van der Waals surface area contributed by atoms with E-state index in [0.717, 1.165) is 213 Å². The van der Waals surface area contributed by atoms with Crippen molar-refractivity contribution in [2.45, 2.75) is 0 Å². The van der Waals surface area contributed by atoms with E-state index in [1.165, 1.54) is 38.4 Å². The molecule has 27 aromatic rings. The largest absolute Gasteiger partial charge is 0.456 e. The van der Waals surface area contributed by atoms with Crippen LogP contribution in [0.1, 0.15) is 13.7 Å². The summed E-state index contributed by atoms with van der Waals surface area (Å²) >= 11 is 0. The first-order chi connectivity index (χ1) is 69.6. The van der Waals surface area contributed by atoms with E-state index in [4.69, 9.17) is 22.5 Å². The van der Waals surface area contributed by atoms with Crippen molar-refractivity contribution >= 4 is 152 Å². The maximum Gasteiger partial charge on any atom is 0.136 e. The van der Waals surface area contributed by atoms with Gasteiger partial charge in [0.2, 0.25) is 0 Å². The SMILES string of the molecule is [2H]c1c([2H])c([2H])c(-c2c3ccccc3c(-c3cc4ccccc4c4cc(-c5ccc(-c6ccc7oc8cc(-c9ccccc9-c9ccccc9)ccc8c7c6)cc5)ccc34)c3ccccc23)c([2H])c1[2H].[2H]c1c([2H])c([2H])c(-c2c3ccccc3c(-c3ccc(-c4ccc5cc(-c6cccc7oc8ccc(-c9ccccc9)cc8c67)c6ccccc6c5c4)c4c3ccc3ccccc34)c3ccccc23)c([2H])c1[2H]. The van der Waals surface area contributed by atoms with E-state index in [2.05, 4.69) is 340 Å². The molecule has 0 fully saturated rings. The Kier molecular flexibility index (Phi) is 15.7. The van der Waals surface area contributed by atoms with Gasteiger partial charge in [-0.25, -0.2) is 0 Å². The van der Waals surface area contributed by atoms with Crippen molar-refractivity contribution in [2.24, 2.45) is 0 Å². The van der Waals surface area contributed by atoms with Crippen LogP contribution in [0.25, 0.3) is 274 Å². The lowest BCUT2D eigenvalue weighted by atomic mass is 9.83. The van der Waals surface area contributed by atoms with Crippen molar-refractivity contribution in [1.29, 1.82) is 0 Å². The summed E-state index contributed by atoms with van der Waals surface area (Å²) in [6.45, 7) is 0. The molecule has 27 rings (SSSR count). The van der Waals surface area contributed by atoms with Crippen LogP contribution in [0, 0.1) is 0 Å². The Hall–Kier alpha value is -17.3. The summed E-state index contributed by atoms with van der Waals surface area (Å²) in [7, 11) is 0. The number of furan rings is 2. The van der Waals surface area contributed by atoms with Crippen LogP contribution in [0.15, 0.2) is 494 Å². The molecular weight excluding hydrogens is 1590 g/mol. The van der Waals surface area contributed by atoms with Gasteiger partial charge in [-0.15, -0.1) is 0 Å². The summed E-state index contributed by atoms with van der Waals surface area (Å²) in [6.07, 6.45) is 0. The van der Waals surface area contributed by atoms with Crippen LogP contribution in [0.4, 0.5) is 0 Å². The molecule has 0 bridgehead atoms. The van der Waals surface area contributed by atoms with E-state index in [1.807, 2.05) is 84.9 Å². The zero-order valence-corrected chi connectivity index (χ0v) is 71.2. The molecule has 0 saturated heterocycles. The van der Waals surface area contributed by atoms with Crippen molar-refractivity contribution in [3.63, 3.8) is 0 Å². The molecule has 0 spiro atoms. The highest BCUT2D eigenvalue weighted by Crippen LogP contribution is 2.53. The molecule has 2 heteroatoms. The molecular formula is C130H80O2. The van der Waals surface area contributed by atoms with Gasteiger partial charge in [0.1, 0.15) is 22.3 Å². The van der Waals surface area contributed by atoms with E-state index < -0.39 is 12.1 Å². The minimum atomic E-state index is -0.405. The first-order valence-corrected chi connectivity index (χ1v) is 44.7. The van der Waals surface area contributed by atoms with E-state index in [9.17, 15) is 0 Å². The highest BCUT2D eigenvalue weighted by molar-refractivity contribution is 6.30. The molecule has 0 aliphatic carbocycles. The van der Waals surface area contributed by atoms with Gasteiger partial charge < -0.3 is 8.83 Å².